The fraction of sp³-hybridized carbons (Fsp3) is 0.481. The molecule has 0 bridgehead atoms. The summed E-state index contributed by atoms with van der Waals surface area (Å²) in [7, 11) is -1.17. The van der Waals surface area contributed by atoms with E-state index in [1.807, 2.05) is 0 Å². The van der Waals surface area contributed by atoms with E-state index in [9.17, 15) is 32.9 Å². The quantitative estimate of drug-likeness (QED) is 0.113. The van der Waals surface area contributed by atoms with Crippen molar-refractivity contribution in [3.05, 3.63) is 59.2 Å². The van der Waals surface area contributed by atoms with Gasteiger partial charge in [-0.15, -0.1) is 0 Å². The maximum atomic E-state index is 13.0. The second-order valence-electron chi connectivity index (χ2n) is 10.8. The van der Waals surface area contributed by atoms with Crippen LogP contribution in [0.1, 0.15) is 43.4 Å². The summed E-state index contributed by atoms with van der Waals surface area (Å²) in [6.45, 7) is 3.92. The largest absolute Gasteiger partial charge is 0.492 e. The van der Waals surface area contributed by atoms with Gasteiger partial charge in [-0.1, -0.05) is 18.2 Å². The lowest BCUT2D eigenvalue weighted by Crippen LogP contribution is -2.53. The lowest BCUT2D eigenvalue weighted by atomic mass is 9.78. The standard InChI is InChI=1S/C27H38BF3N6O5/c1-26(2)19-8-7-17(12-20(19)28(41)42-26)36-25(40)22(11-15-3-5-16(6-4-15)27(29,30)31)37-24(39)21(34)9-10-23(38)35-18(13-32)14-33/h3-8,12,18,21-22,25,36,40-41H,9-11,13-14,32-34H2,1-2H3,(H,35,38)(H,37,39)/t21-,22+,25?/m0/s1. The van der Waals surface area contributed by atoms with E-state index in [1.54, 1.807) is 32.0 Å². The molecule has 1 unspecified atom stereocenters. The number of fused-ring (bicyclic) bond motifs is 1. The molecular formula is C27H38BF3N6O5. The zero-order valence-electron chi connectivity index (χ0n) is 23.4. The van der Waals surface area contributed by atoms with E-state index in [-0.39, 0.29) is 38.3 Å². The van der Waals surface area contributed by atoms with Crippen molar-refractivity contribution in [3.63, 3.8) is 0 Å². The zero-order valence-corrected chi connectivity index (χ0v) is 23.4. The first-order valence-electron chi connectivity index (χ1n) is 13.5. The molecule has 15 heteroatoms. The lowest BCUT2D eigenvalue weighted by Gasteiger charge is -2.27. The first-order valence-corrected chi connectivity index (χ1v) is 13.5. The number of amides is 2. The van der Waals surface area contributed by atoms with Gasteiger partial charge in [0.15, 0.2) is 0 Å². The van der Waals surface area contributed by atoms with Gasteiger partial charge in [-0.05, 0) is 67.5 Å². The lowest BCUT2D eigenvalue weighted by molar-refractivity contribution is -0.137. The molecule has 1 aliphatic rings. The number of hydrogen-bond acceptors (Lipinski definition) is 9. The summed E-state index contributed by atoms with van der Waals surface area (Å²) in [6.07, 6.45) is -6.09. The molecule has 0 aromatic heterocycles. The van der Waals surface area contributed by atoms with Crippen LogP contribution in [0.2, 0.25) is 0 Å². The van der Waals surface area contributed by atoms with Crippen molar-refractivity contribution in [3.8, 4) is 0 Å². The molecule has 3 atom stereocenters. The smallest absolute Gasteiger partial charge is 0.423 e. The van der Waals surface area contributed by atoms with Crippen molar-refractivity contribution < 1.29 is 37.5 Å². The van der Waals surface area contributed by atoms with E-state index in [1.165, 1.54) is 12.1 Å². The molecule has 0 fully saturated rings. The van der Waals surface area contributed by atoms with Gasteiger partial charge in [0.05, 0.1) is 29.3 Å². The third-order valence-electron chi connectivity index (χ3n) is 7.09. The molecule has 230 valence electrons. The van der Waals surface area contributed by atoms with Crippen LogP contribution in [0, 0.1) is 0 Å². The molecule has 0 saturated heterocycles. The van der Waals surface area contributed by atoms with Gasteiger partial charge in [0, 0.05) is 25.2 Å². The molecule has 0 aliphatic carbocycles. The van der Waals surface area contributed by atoms with Gasteiger partial charge in [0.1, 0.15) is 6.23 Å². The van der Waals surface area contributed by atoms with E-state index in [0.29, 0.717) is 16.7 Å². The summed E-state index contributed by atoms with van der Waals surface area (Å²) >= 11 is 0. The number of nitrogens with two attached hydrogens (primary N) is 3. The van der Waals surface area contributed by atoms with Gasteiger partial charge in [-0.3, -0.25) is 9.59 Å². The molecule has 1 aliphatic heterocycles. The molecule has 11 nitrogen and oxygen atoms in total. The number of rotatable bonds is 13. The summed E-state index contributed by atoms with van der Waals surface area (Å²) in [5.74, 6) is -1.05. The van der Waals surface area contributed by atoms with Crippen molar-refractivity contribution in [1.82, 2.24) is 10.6 Å². The summed E-state index contributed by atoms with van der Waals surface area (Å²) in [6, 6.07) is 6.79. The van der Waals surface area contributed by atoms with Crippen molar-refractivity contribution in [1.29, 1.82) is 0 Å². The summed E-state index contributed by atoms with van der Waals surface area (Å²) in [5, 5.41) is 29.6. The van der Waals surface area contributed by atoms with Crippen LogP contribution in [0.3, 0.4) is 0 Å². The minimum Gasteiger partial charge on any atom is -0.423 e. The van der Waals surface area contributed by atoms with E-state index >= 15 is 0 Å². The SMILES string of the molecule is CC1(C)OB(O)c2cc(NC(O)[C@@H](Cc3ccc(C(F)(F)F)cc3)NC(=O)[C@@H](N)CCC(=O)NC(CN)CN)ccc21. The van der Waals surface area contributed by atoms with Crippen LogP contribution in [0.5, 0.6) is 0 Å². The Morgan fingerprint density at radius 1 is 1.07 bits per heavy atom. The highest BCUT2D eigenvalue weighted by Crippen LogP contribution is 2.31. The Morgan fingerprint density at radius 2 is 1.71 bits per heavy atom. The second-order valence-corrected chi connectivity index (χ2v) is 10.8. The molecule has 0 saturated carbocycles. The summed E-state index contributed by atoms with van der Waals surface area (Å²) in [5.41, 5.74) is 17.6. The molecular weight excluding hydrogens is 556 g/mol. The van der Waals surface area contributed by atoms with Crippen molar-refractivity contribution in [2.24, 2.45) is 17.2 Å². The maximum absolute atomic E-state index is 13.0. The maximum Gasteiger partial charge on any atom is 0.492 e. The van der Waals surface area contributed by atoms with E-state index < -0.39 is 54.7 Å². The topological polar surface area (TPSA) is 198 Å². The van der Waals surface area contributed by atoms with Crippen LogP contribution < -0.4 is 38.6 Å². The number of carbonyl (C=O) groups is 2. The zero-order chi connectivity index (χ0) is 31.2. The number of carbonyl (C=O) groups excluding carboxylic acids is 2. The highest BCUT2D eigenvalue weighted by atomic mass is 19.4. The number of hydrogen-bond donors (Lipinski definition) is 8. The normalized spacial score (nSPS) is 16.5. The number of anilines is 1. The Kier molecular flexibility index (Phi) is 11.0. The monoisotopic (exact) mass is 594 g/mol. The number of nitrogens with one attached hydrogen (secondary N) is 3. The number of benzene rings is 2. The number of aliphatic hydroxyl groups excluding tert-OH is 1. The van der Waals surface area contributed by atoms with Crippen LogP contribution in [-0.2, 0) is 32.4 Å². The molecule has 0 radical (unpaired) electrons. The van der Waals surface area contributed by atoms with Gasteiger partial charge in [-0.25, -0.2) is 0 Å². The van der Waals surface area contributed by atoms with Gasteiger partial charge >= 0.3 is 13.3 Å². The molecule has 42 heavy (non-hydrogen) atoms. The van der Waals surface area contributed by atoms with Crippen molar-refractivity contribution in [2.75, 3.05) is 18.4 Å². The minimum atomic E-state index is -4.52. The Hall–Kier alpha value is -3.21. The highest BCUT2D eigenvalue weighted by molar-refractivity contribution is 6.62. The van der Waals surface area contributed by atoms with Crippen LogP contribution in [0.25, 0.3) is 0 Å². The highest BCUT2D eigenvalue weighted by Gasteiger charge is 2.40. The Balaban J connectivity index is 1.74. The Labute approximate surface area is 242 Å². The molecule has 3 rings (SSSR count). The average Bonchev–Trinajstić information content (AvgIpc) is 3.16. The Bertz CT molecular complexity index is 1230. The molecule has 2 amide bonds. The third kappa shape index (κ3) is 8.66. The number of aliphatic hydroxyl groups is 1. The molecule has 2 aromatic carbocycles. The van der Waals surface area contributed by atoms with Crippen LogP contribution in [-0.4, -0.2) is 66.5 Å². The second kappa shape index (κ2) is 13.8. The molecule has 1 heterocycles. The van der Waals surface area contributed by atoms with E-state index in [2.05, 4.69) is 16.0 Å². The predicted molar refractivity (Wildman–Crippen MR) is 152 cm³/mol. The summed E-state index contributed by atoms with van der Waals surface area (Å²) in [4.78, 5) is 25.1. The fourth-order valence-electron chi connectivity index (χ4n) is 4.63. The fourth-order valence-corrected chi connectivity index (χ4v) is 4.63. The van der Waals surface area contributed by atoms with Crippen LogP contribution in [0.15, 0.2) is 42.5 Å². The Morgan fingerprint density at radius 3 is 2.31 bits per heavy atom. The van der Waals surface area contributed by atoms with Crippen LogP contribution >= 0.6 is 0 Å². The van der Waals surface area contributed by atoms with Gasteiger partial charge in [0.2, 0.25) is 11.8 Å². The predicted octanol–water partition coefficient (Wildman–Crippen LogP) is -0.374. The van der Waals surface area contributed by atoms with Gasteiger partial charge < -0.3 is 47.9 Å². The summed E-state index contributed by atoms with van der Waals surface area (Å²) < 4.78 is 44.7. The molecule has 11 N–H and O–H groups in total. The molecule has 0 spiro atoms. The minimum absolute atomic E-state index is 0.0193. The van der Waals surface area contributed by atoms with Crippen molar-refractivity contribution >= 4 is 30.1 Å². The van der Waals surface area contributed by atoms with Gasteiger partial charge in [0.25, 0.3) is 0 Å². The number of halogens is 3. The van der Waals surface area contributed by atoms with Gasteiger partial charge in [-0.2, -0.15) is 13.2 Å². The number of alkyl halides is 3. The van der Waals surface area contributed by atoms with E-state index in [0.717, 1.165) is 17.7 Å². The van der Waals surface area contributed by atoms with E-state index in [4.69, 9.17) is 21.9 Å². The van der Waals surface area contributed by atoms with Crippen molar-refractivity contribution in [2.45, 2.75) is 69.2 Å². The van der Waals surface area contributed by atoms with Crippen LogP contribution in [0.4, 0.5) is 18.9 Å². The first-order chi connectivity index (χ1) is 19.6. The molecule has 2 aromatic rings. The third-order valence-corrected chi connectivity index (χ3v) is 7.09. The average molecular weight is 594 g/mol. The first kappa shape index (κ1) is 33.3.